The number of aromatic nitrogens is 1. The van der Waals surface area contributed by atoms with Crippen molar-refractivity contribution < 1.29 is 4.79 Å². The van der Waals surface area contributed by atoms with Gasteiger partial charge in [-0.15, -0.1) is 11.3 Å². The third-order valence-corrected chi connectivity index (χ3v) is 4.21. The van der Waals surface area contributed by atoms with Crippen LogP contribution in [0.25, 0.3) is 10.4 Å². The molecule has 0 aliphatic rings. The normalized spacial score (nSPS) is 11.5. The standard InChI is InChI=1S/C14H16N2OS/c1-14(2,3)12-5-4-11(18-12)9-6-10(13(15)17)8-16-7-9/h4-8H,1-3H3,(H2,15,17). The van der Waals surface area contributed by atoms with Gasteiger partial charge in [0.25, 0.3) is 0 Å². The van der Waals surface area contributed by atoms with E-state index in [4.69, 9.17) is 5.73 Å². The minimum atomic E-state index is -0.447. The Bertz CT molecular complexity index is 581. The van der Waals surface area contributed by atoms with Crippen LogP contribution in [0.5, 0.6) is 0 Å². The summed E-state index contributed by atoms with van der Waals surface area (Å²) in [6.07, 6.45) is 3.24. The number of thiophene rings is 1. The first-order valence-electron chi connectivity index (χ1n) is 5.73. The lowest BCUT2D eigenvalue weighted by Crippen LogP contribution is -2.11. The van der Waals surface area contributed by atoms with Crippen LogP contribution >= 0.6 is 11.3 Å². The fourth-order valence-electron chi connectivity index (χ4n) is 1.61. The van der Waals surface area contributed by atoms with E-state index in [2.05, 4.69) is 37.9 Å². The van der Waals surface area contributed by atoms with Crippen molar-refractivity contribution in [3.8, 4) is 10.4 Å². The van der Waals surface area contributed by atoms with E-state index in [9.17, 15) is 4.79 Å². The number of rotatable bonds is 2. The number of pyridine rings is 1. The van der Waals surface area contributed by atoms with Crippen LogP contribution in [0.4, 0.5) is 0 Å². The van der Waals surface area contributed by atoms with Gasteiger partial charge in [-0.1, -0.05) is 20.8 Å². The Kier molecular flexibility index (Phi) is 3.22. The van der Waals surface area contributed by atoms with Crippen LogP contribution < -0.4 is 5.73 Å². The summed E-state index contributed by atoms with van der Waals surface area (Å²) in [6, 6.07) is 5.97. The smallest absolute Gasteiger partial charge is 0.250 e. The SMILES string of the molecule is CC(C)(C)c1ccc(-c2cncc(C(N)=O)c2)s1. The van der Waals surface area contributed by atoms with Crippen molar-refractivity contribution in [1.82, 2.24) is 4.98 Å². The van der Waals surface area contributed by atoms with E-state index in [1.807, 2.05) is 0 Å². The molecule has 2 aromatic heterocycles. The second-order valence-corrected chi connectivity index (χ2v) is 6.32. The highest BCUT2D eigenvalue weighted by Gasteiger charge is 2.16. The molecule has 3 nitrogen and oxygen atoms in total. The molecule has 1 amide bonds. The Morgan fingerprint density at radius 2 is 2.00 bits per heavy atom. The molecule has 0 radical (unpaired) electrons. The molecule has 0 aromatic carbocycles. The second kappa shape index (κ2) is 4.53. The van der Waals surface area contributed by atoms with Crippen LogP contribution in [0.15, 0.2) is 30.6 Å². The van der Waals surface area contributed by atoms with Gasteiger partial charge in [0, 0.05) is 27.7 Å². The quantitative estimate of drug-likeness (QED) is 0.901. The molecule has 94 valence electrons. The molecule has 0 saturated heterocycles. The highest BCUT2D eigenvalue weighted by atomic mass is 32.1. The van der Waals surface area contributed by atoms with Gasteiger partial charge in [-0.25, -0.2) is 0 Å². The third kappa shape index (κ3) is 2.59. The second-order valence-electron chi connectivity index (χ2n) is 5.24. The van der Waals surface area contributed by atoms with Crippen molar-refractivity contribution >= 4 is 17.2 Å². The van der Waals surface area contributed by atoms with Gasteiger partial charge in [-0.2, -0.15) is 0 Å². The van der Waals surface area contributed by atoms with Crippen molar-refractivity contribution in [3.63, 3.8) is 0 Å². The number of nitrogens with zero attached hydrogens (tertiary/aromatic N) is 1. The summed E-state index contributed by atoms with van der Waals surface area (Å²) in [7, 11) is 0. The fraction of sp³-hybridized carbons (Fsp3) is 0.286. The Morgan fingerprint density at radius 3 is 2.56 bits per heavy atom. The van der Waals surface area contributed by atoms with Crippen LogP contribution in [0, 0.1) is 0 Å². The van der Waals surface area contributed by atoms with E-state index >= 15 is 0 Å². The third-order valence-electron chi connectivity index (χ3n) is 2.65. The molecule has 0 unspecified atom stereocenters. The van der Waals surface area contributed by atoms with Gasteiger partial charge in [-0.3, -0.25) is 9.78 Å². The molecule has 0 atom stereocenters. The first-order chi connectivity index (χ1) is 8.38. The summed E-state index contributed by atoms with van der Waals surface area (Å²) >= 11 is 1.72. The number of hydrogen-bond donors (Lipinski definition) is 1. The molecule has 2 aromatic rings. The van der Waals surface area contributed by atoms with E-state index in [1.54, 1.807) is 23.6 Å². The molecule has 2 heterocycles. The Balaban J connectivity index is 2.40. The van der Waals surface area contributed by atoms with Crippen molar-refractivity contribution in [3.05, 3.63) is 41.0 Å². The number of carbonyl (C=O) groups excluding carboxylic acids is 1. The zero-order valence-corrected chi connectivity index (χ0v) is 11.5. The molecular formula is C14H16N2OS. The molecule has 0 fully saturated rings. The first kappa shape index (κ1) is 12.8. The van der Waals surface area contributed by atoms with Crippen molar-refractivity contribution in [2.75, 3.05) is 0 Å². The number of amides is 1. The maximum Gasteiger partial charge on any atom is 0.250 e. The Hall–Kier alpha value is -1.68. The van der Waals surface area contributed by atoms with Crippen molar-refractivity contribution in [2.45, 2.75) is 26.2 Å². The lowest BCUT2D eigenvalue weighted by atomic mass is 9.95. The van der Waals surface area contributed by atoms with Crippen LogP contribution in [-0.4, -0.2) is 10.9 Å². The molecule has 0 spiro atoms. The Labute approximate surface area is 111 Å². The highest BCUT2D eigenvalue weighted by Crippen LogP contribution is 2.34. The lowest BCUT2D eigenvalue weighted by Gasteiger charge is -2.15. The van der Waals surface area contributed by atoms with Crippen LogP contribution in [0.3, 0.4) is 0 Å². The zero-order valence-electron chi connectivity index (χ0n) is 10.7. The van der Waals surface area contributed by atoms with Crippen molar-refractivity contribution in [1.29, 1.82) is 0 Å². The number of carbonyl (C=O) groups is 1. The maximum absolute atomic E-state index is 11.1. The van der Waals surface area contributed by atoms with Gasteiger partial charge >= 0.3 is 0 Å². The van der Waals surface area contributed by atoms with Crippen LogP contribution in [0.2, 0.25) is 0 Å². The van der Waals surface area contributed by atoms with Gasteiger partial charge in [-0.05, 0) is 23.6 Å². The predicted molar refractivity (Wildman–Crippen MR) is 74.8 cm³/mol. The molecule has 4 heteroatoms. The average molecular weight is 260 g/mol. The van der Waals surface area contributed by atoms with Crippen LogP contribution in [0.1, 0.15) is 36.0 Å². The van der Waals surface area contributed by atoms with E-state index in [1.165, 1.54) is 11.1 Å². The van der Waals surface area contributed by atoms with Crippen molar-refractivity contribution in [2.24, 2.45) is 5.73 Å². The summed E-state index contributed by atoms with van der Waals surface area (Å²) in [4.78, 5) is 17.6. The van der Waals surface area contributed by atoms with E-state index in [0.717, 1.165) is 10.4 Å². The predicted octanol–water partition coefficient (Wildman–Crippen LogP) is 3.21. The molecule has 0 saturated carbocycles. The number of hydrogen-bond acceptors (Lipinski definition) is 3. The van der Waals surface area contributed by atoms with E-state index < -0.39 is 5.91 Å². The summed E-state index contributed by atoms with van der Waals surface area (Å²) in [5.74, 6) is -0.447. The molecule has 2 rings (SSSR count). The van der Waals surface area contributed by atoms with Gasteiger partial charge in [0.15, 0.2) is 0 Å². The molecule has 0 aliphatic heterocycles. The molecule has 18 heavy (non-hydrogen) atoms. The molecule has 0 aliphatic carbocycles. The maximum atomic E-state index is 11.1. The summed E-state index contributed by atoms with van der Waals surface area (Å²) in [5, 5.41) is 0. The largest absolute Gasteiger partial charge is 0.366 e. The molecular weight excluding hydrogens is 244 g/mol. The van der Waals surface area contributed by atoms with Gasteiger partial charge in [0.1, 0.15) is 0 Å². The Morgan fingerprint density at radius 1 is 1.28 bits per heavy atom. The molecule has 2 N–H and O–H groups in total. The monoisotopic (exact) mass is 260 g/mol. The molecule has 0 bridgehead atoms. The lowest BCUT2D eigenvalue weighted by molar-refractivity contribution is 0.1000. The topological polar surface area (TPSA) is 56.0 Å². The highest BCUT2D eigenvalue weighted by molar-refractivity contribution is 7.15. The van der Waals surface area contributed by atoms with Gasteiger partial charge < -0.3 is 5.73 Å². The van der Waals surface area contributed by atoms with E-state index in [-0.39, 0.29) is 5.41 Å². The van der Waals surface area contributed by atoms with E-state index in [0.29, 0.717) is 5.56 Å². The van der Waals surface area contributed by atoms with Gasteiger partial charge in [0.2, 0.25) is 5.91 Å². The summed E-state index contributed by atoms with van der Waals surface area (Å²) in [5.41, 5.74) is 6.78. The first-order valence-corrected chi connectivity index (χ1v) is 6.55. The fourth-order valence-corrected chi connectivity index (χ4v) is 2.65. The van der Waals surface area contributed by atoms with Gasteiger partial charge in [0.05, 0.1) is 5.56 Å². The summed E-state index contributed by atoms with van der Waals surface area (Å²) < 4.78 is 0. The minimum Gasteiger partial charge on any atom is -0.366 e. The minimum absolute atomic E-state index is 0.137. The van der Waals surface area contributed by atoms with Crippen LogP contribution in [-0.2, 0) is 5.41 Å². The zero-order chi connectivity index (χ0) is 13.3. The number of nitrogens with two attached hydrogens (primary N) is 1. The average Bonchev–Trinajstić information content (AvgIpc) is 2.78. The number of primary amides is 1. The summed E-state index contributed by atoms with van der Waals surface area (Å²) in [6.45, 7) is 6.54.